The van der Waals surface area contributed by atoms with Gasteiger partial charge in [-0.15, -0.1) is 0 Å². The monoisotopic (exact) mass is 445 g/mol. The highest BCUT2D eigenvalue weighted by atomic mass is 79.9. The molecule has 0 aliphatic heterocycles. The van der Waals surface area contributed by atoms with Crippen molar-refractivity contribution in [3.8, 4) is 11.5 Å². The molecule has 2 aromatic carbocycles. The Morgan fingerprint density at radius 1 is 1.15 bits per heavy atom. The molecule has 0 fully saturated rings. The van der Waals surface area contributed by atoms with Crippen LogP contribution >= 0.6 is 15.9 Å². The number of carbonyl (C=O) groups is 1. The van der Waals surface area contributed by atoms with E-state index in [1.165, 1.54) is 31.4 Å². The SMILES string of the molecule is COc1ccc(C(=O)Oc2ccc(Br)cc2F)cc1S(=O)(=O)NC(C)C. The zero-order chi connectivity index (χ0) is 19.5. The summed E-state index contributed by atoms with van der Waals surface area (Å²) < 4.78 is 51.7. The van der Waals surface area contributed by atoms with Gasteiger partial charge in [-0.3, -0.25) is 0 Å². The summed E-state index contributed by atoms with van der Waals surface area (Å²) in [6.07, 6.45) is 0. The van der Waals surface area contributed by atoms with Crippen LogP contribution in [-0.2, 0) is 10.0 Å². The molecule has 0 aromatic heterocycles. The summed E-state index contributed by atoms with van der Waals surface area (Å²) in [5.41, 5.74) is -0.0581. The minimum absolute atomic E-state index is 0.0581. The Morgan fingerprint density at radius 2 is 1.81 bits per heavy atom. The van der Waals surface area contributed by atoms with Crippen molar-refractivity contribution >= 4 is 31.9 Å². The van der Waals surface area contributed by atoms with Gasteiger partial charge >= 0.3 is 5.97 Å². The maximum absolute atomic E-state index is 13.8. The molecule has 0 saturated carbocycles. The first-order valence-electron chi connectivity index (χ1n) is 7.51. The number of halogens is 2. The molecule has 6 nitrogen and oxygen atoms in total. The van der Waals surface area contributed by atoms with Crippen molar-refractivity contribution in [2.45, 2.75) is 24.8 Å². The van der Waals surface area contributed by atoms with Gasteiger partial charge in [0.15, 0.2) is 11.6 Å². The van der Waals surface area contributed by atoms with Crippen LogP contribution in [0.15, 0.2) is 45.8 Å². The van der Waals surface area contributed by atoms with Crippen molar-refractivity contribution in [3.63, 3.8) is 0 Å². The average molecular weight is 446 g/mol. The van der Waals surface area contributed by atoms with Crippen LogP contribution in [0.2, 0.25) is 0 Å². The van der Waals surface area contributed by atoms with E-state index < -0.39 is 21.8 Å². The van der Waals surface area contributed by atoms with E-state index in [0.717, 1.165) is 12.1 Å². The van der Waals surface area contributed by atoms with E-state index in [1.54, 1.807) is 13.8 Å². The minimum atomic E-state index is -3.91. The molecule has 0 atom stereocenters. The van der Waals surface area contributed by atoms with Gasteiger partial charge in [-0.1, -0.05) is 15.9 Å². The second kappa shape index (κ2) is 8.15. The molecule has 0 heterocycles. The fourth-order valence-corrected chi connectivity index (χ4v) is 3.88. The average Bonchev–Trinajstić information content (AvgIpc) is 2.55. The Morgan fingerprint density at radius 3 is 2.38 bits per heavy atom. The molecule has 9 heteroatoms. The number of carbonyl (C=O) groups excluding carboxylic acids is 1. The second-order valence-electron chi connectivity index (χ2n) is 5.61. The summed E-state index contributed by atoms with van der Waals surface area (Å²) in [4.78, 5) is 12.1. The first kappa shape index (κ1) is 20.3. The molecule has 0 saturated heterocycles. The van der Waals surface area contributed by atoms with Crippen molar-refractivity contribution in [1.29, 1.82) is 0 Å². The van der Waals surface area contributed by atoms with Gasteiger partial charge < -0.3 is 9.47 Å². The number of esters is 1. The van der Waals surface area contributed by atoms with Gasteiger partial charge in [-0.05, 0) is 50.2 Å². The zero-order valence-electron chi connectivity index (χ0n) is 14.2. The molecule has 2 aromatic rings. The number of hydrogen-bond donors (Lipinski definition) is 1. The summed E-state index contributed by atoms with van der Waals surface area (Å²) in [6, 6.07) is 7.41. The lowest BCUT2D eigenvalue weighted by Crippen LogP contribution is -2.30. The fourth-order valence-electron chi connectivity index (χ4n) is 2.10. The lowest BCUT2D eigenvalue weighted by atomic mass is 10.2. The predicted octanol–water partition coefficient (Wildman–Crippen LogP) is 3.50. The van der Waals surface area contributed by atoms with Crippen molar-refractivity contribution in [2.24, 2.45) is 0 Å². The highest BCUT2D eigenvalue weighted by molar-refractivity contribution is 9.10. The highest BCUT2D eigenvalue weighted by Crippen LogP contribution is 2.27. The smallest absolute Gasteiger partial charge is 0.343 e. The van der Waals surface area contributed by atoms with E-state index >= 15 is 0 Å². The van der Waals surface area contributed by atoms with E-state index in [4.69, 9.17) is 9.47 Å². The number of benzene rings is 2. The van der Waals surface area contributed by atoms with Gasteiger partial charge in [-0.2, -0.15) is 0 Å². The Bertz CT molecular complexity index is 931. The fraction of sp³-hybridized carbons (Fsp3) is 0.235. The van der Waals surface area contributed by atoms with Crippen LogP contribution in [0.3, 0.4) is 0 Å². The van der Waals surface area contributed by atoms with Crippen molar-refractivity contribution in [2.75, 3.05) is 7.11 Å². The lowest BCUT2D eigenvalue weighted by molar-refractivity contribution is 0.0727. The van der Waals surface area contributed by atoms with Gasteiger partial charge in [0.25, 0.3) is 0 Å². The summed E-state index contributed by atoms with van der Waals surface area (Å²) in [5.74, 6) is -1.81. The van der Waals surface area contributed by atoms with Crippen LogP contribution < -0.4 is 14.2 Å². The number of rotatable bonds is 6. The van der Waals surface area contributed by atoms with Gasteiger partial charge in [-0.25, -0.2) is 22.3 Å². The standard InChI is InChI=1S/C17H17BrFNO5S/c1-10(2)20-26(22,23)16-8-11(4-6-15(16)24-3)17(21)25-14-7-5-12(18)9-13(14)19/h4-10,20H,1-3H3. The molecule has 0 aliphatic rings. The summed E-state index contributed by atoms with van der Waals surface area (Å²) in [7, 11) is -2.59. The van der Waals surface area contributed by atoms with Gasteiger partial charge in [0.2, 0.25) is 10.0 Å². The highest BCUT2D eigenvalue weighted by Gasteiger charge is 2.23. The Kier molecular flexibility index (Phi) is 6.38. The summed E-state index contributed by atoms with van der Waals surface area (Å²) in [6.45, 7) is 3.33. The number of sulfonamides is 1. The van der Waals surface area contributed by atoms with Crippen LogP contribution in [0.25, 0.3) is 0 Å². The number of methoxy groups -OCH3 is 1. The van der Waals surface area contributed by atoms with E-state index in [1.807, 2.05) is 0 Å². The molecule has 0 radical (unpaired) electrons. The van der Waals surface area contributed by atoms with E-state index in [0.29, 0.717) is 4.47 Å². The van der Waals surface area contributed by atoms with Crippen LogP contribution in [0.5, 0.6) is 11.5 Å². The third kappa shape index (κ3) is 4.80. The van der Waals surface area contributed by atoms with Crippen molar-refractivity contribution in [1.82, 2.24) is 4.72 Å². The molecule has 0 spiro atoms. The summed E-state index contributed by atoms with van der Waals surface area (Å²) >= 11 is 3.11. The minimum Gasteiger partial charge on any atom is -0.495 e. The molecule has 2 rings (SSSR count). The topological polar surface area (TPSA) is 81.7 Å². The van der Waals surface area contributed by atoms with Gasteiger partial charge in [0.1, 0.15) is 10.6 Å². The molecular formula is C17H17BrFNO5S. The number of hydrogen-bond acceptors (Lipinski definition) is 5. The lowest BCUT2D eigenvalue weighted by Gasteiger charge is -2.14. The maximum atomic E-state index is 13.8. The summed E-state index contributed by atoms with van der Waals surface area (Å²) in [5, 5.41) is 0. The maximum Gasteiger partial charge on any atom is 0.343 e. The molecule has 140 valence electrons. The molecule has 0 bridgehead atoms. The molecule has 0 amide bonds. The van der Waals surface area contributed by atoms with E-state index in [9.17, 15) is 17.6 Å². The molecule has 1 N–H and O–H groups in total. The molecule has 0 aliphatic carbocycles. The number of nitrogens with one attached hydrogen (secondary N) is 1. The van der Waals surface area contributed by atoms with E-state index in [2.05, 4.69) is 20.7 Å². The molecule has 0 unspecified atom stereocenters. The van der Waals surface area contributed by atoms with Crippen LogP contribution in [0.4, 0.5) is 4.39 Å². The first-order valence-corrected chi connectivity index (χ1v) is 9.79. The van der Waals surface area contributed by atoms with Gasteiger partial charge in [0.05, 0.1) is 12.7 Å². The second-order valence-corrected chi connectivity index (χ2v) is 8.20. The number of ether oxygens (including phenoxy) is 2. The van der Waals surface area contributed by atoms with Crippen LogP contribution in [-0.4, -0.2) is 27.5 Å². The van der Waals surface area contributed by atoms with Crippen molar-refractivity contribution in [3.05, 3.63) is 52.3 Å². The molecular weight excluding hydrogens is 429 g/mol. The largest absolute Gasteiger partial charge is 0.495 e. The van der Waals surface area contributed by atoms with E-state index in [-0.39, 0.29) is 28.0 Å². The zero-order valence-corrected chi connectivity index (χ0v) is 16.6. The third-order valence-electron chi connectivity index (χ3n) is 3.18. The Balaban J connectivity index is 2.38. The Hall–Kier alpha value is -1.97. The van der Waals surface area contributed by atoms with Crippen LogP contribution in [0.1, 0.15) is 24.2 Å². The normalized spacial score (nSPS) is 11.5. The van der Waals surface area contributed by atoms with Crippen LogP contribution in [0, 0.1) is 5.82 Å². The first-order chi connectivity index (χ1) is 12.1. The predicted molar refractivity (Wildman–Crippen MR) is 97.5 cm³/mol. The Labute approximate surface area is 159 Å². The quantitative estimate of drug-likeness (QED) is 0.543. The molecule has 26 heavy (non-hydrogen) atoms. The third-order valence-corrected chi connectivity index (χ3v) is 5.35. The van der Waals surface area contributed by atoms with Gasteiger partial charge in [0, 0.05) is 10.5 Å². The van der Waals surface area contributed by atoms with Crippen molar-refractivity contribution < 1.29 is 27.1 Å².